The Balaban J connectivity index is 1.52. The van der Waals surface area contributed by atoms with E-state index in [0.717, 1.165) is 55.3 Å². The first-order valence-electron chi connectivity index (χ1n) is 17.5. The summed E-state index contributed by atoms with van der Waals surface area (Å²) in [6, 6.07) is 0. The molecule has 240 valence electrons. The van der Waals surface area contributed by atoms with Gasteiger partial charge in [0.25, 0.3) is 0 Å². The Bertz CT molecular complexity index is 996. The lowest BCUT2D eigenvalue weighted by atomic mass is 9.46. The van der Waals surface area contributed by atoms with E-state index in [4.69, 9.17) is 9.57 Å². The molecule has 5 nitrogen and oxygen atoms in total. The summed E-state index contributed by atoms with van der Waals surface area (Å²) in [6.07, 6.45) is 17.3. The van der Waals surface area contributed by atoms with Crippen LogP contribution in [0, 0.1) is 46.3 Å². The van der Waals surface area contributed by atoms with Crippen molar-refractivity contribution in [2.45, 2.75) is 163 Å². The second-order valence-corrected chi connectivity index (χ2v) is 16.7. The minimum Gasteiger partial charge on any atom is -0.458 e. The molecule has 0 radical (unpaired) electrons. The third-order valence-electron chi connectivity index (χ3n) is 12.3. The molecule has 3 unspecified atom stereocenters. The second kappa shape index (κ2) is 12.9. The lowest BCUT2D eigenvalue weighted by Crippen LogP contribution is -2.60. The van der Waals surface area contributed by atoms with E-state index in [1.54, 1.807) is 0 Å². The van der Waals surface area contributed by atoms with Crippen LogP contribution in [0.4, 0.5) is 0 Å². The summed E-state index contributed by atoms with van der Waals surface area (Å²) in [5.41, 5.74) is 3.30. The normalized spacial score (nSPS) is 36.9. The van der Waals surface area contributed by atoms with Crippen molar-refractivity contribution in [1.29, 1.82) is 0 Å². The maximum atomic E-state index is 13.7. The first kappa shape index (κ1) is 33.5. The van der Waals surface area contributed by atoms with Crippen molar-refractivity contribution in [3.05, 3.63) is 11.6 Å². The zero-order valence-electron chi connectivity index (χ0n) is 28.6. The van der Waals surface area contributed by atoms with Crippen molar-refractivity contribution < 1.29 is 19.2 Å². The highest BCUT2D eigenvalue weighted by atomic mass is 16.7. The van der Waals surface area contributed by atoms with Crippen molar-refractivity contribution in [3.8, 4) is 0 Å². The number of carbonyl (C=O) groups is 2. The quantitative estimate of drug-likeness (QED) is 0.149. The van der Waals surface area contributed by atoms with Gasteiger partial charge in [0.1, 0.15) is 5.60 Å². The molecule has 4 rings (SSSR count). The topological polar surface area (TPSA) is 64.6 Å². The van der Waals surface area contributed by atoms with Gasteiger partial charge >= 0.3 is 11.9 Å². The van der Waals surface area contributed by atoms with Crippen molar-refractivity contribution in [1.82, 2.24) is 5.48 Å². The van der Waals surface area contributed by atoms with Gasteiger partial charge in [-0.1, -0.05) is 78.9 Å². The number of hydroxylamine groups is 1. The molecule has 42 heavy (non-hydrogen) atoms. The SMILES string of the molecule is CCCCC(=O)ON[C@@]1(C(=O)OC(C)(C)C)CC[C@@]2(C)C(=CCC3C2CC[C@@]2(C)C3CC[C@@H]2[C@H](C)CCCC(C)C)C1. The van der Waals surface area contributed by atoms with Crippen LogP contribution < -0.4 is 5.48 Å². The second-order valence-electron chi connectivity index (χ2n) is 16.7. The number of hydrogen-bond acceptors (Lipinski definition) is 5. The van der Waals surface area contributed by atoms with Crippen LogP contribution in [0.1, 0.15) is 152 Å². The molecule has 4 aliphatic carbocycles. The Labute approximate surface area is 257 Å². The number of fused-ring (bicyclic) bond motifs is 5. The molecule has 0 aromatic carbocycles. The van der Waals surface area contributed by atoms with E-state index in [0.29, 0.717) is 30.6 Å². The zero-order chi connectivity index (χ0) is 30.9. The van der Waals surface area contributed by atoms with Crippen LogP contribution >= 0.6 is 0 Å². The molecule has 0 spiro atoms. The summed E-state index contributed by atoms with van der Waals surface area (Å²) >= 11 is 0. The van der Waals surface area contributed by atoms with E-state index in [1.807, 2.05) is 20.8 Å². The van der Waals surface area contributed by atoms with Gasteiger partial charge in [-0.3, -0.25) is 4.79 Å². The summed E-state index contributed by atoms with van der Waals surface area (Å²) in [4.78, 5) is 31.8. The van der Waals surface area contributed by atoms with Crippen molar-refractivity contribution in [2.24, 2.45) is 46.3 Å². The van der Waals surface area contributed by atoms with Gasteiger partial charge < -0.3 is 9.57 Å². The highest BCUT2D eigenvalue weighted by molar-refractivity contribution is 5.82. The summed E-state index contributed by atoms with van der Waals surface area (Å²) in [6.45, 7) is 20.1. The van der Waals surface area contributed by atoms with E-state index < -0.39 is 11.1 Å². The number of ether oxygens (including phenoxy) is 1. The molecule has 3 fully saturated rings. The Morgan fingerprint density at radius 1 is 1.00 bits per heavy atom. The van der Waals surface area contributed by atoms with Crippen molar-refractivity contribution >= 4 is 11.9 Å². The number of rotatable bonds is 11. The van der Waals surface area contributed by atoms with Crippen molar-refractivity contribution in [3.63, 3.8) is 0 Å². The number of unbranched alkanes of at least 4 members (excludes halogenated alkanes) is 1. The minimum atomic E-state index is -1.03. The molecular weight excluding hydrogens is 522 g/mol. The Morgan fingerprint density at radius 3 is 2.40 bits per heavy atom. The van der Waals surface area contributed by atoms with Crippen LogP contribution in [0.2, 0.25) is 0 Å². The van der Waals surface area contributed by atoms with Crippen LogP contribution in [0.25, 0.3) is 0 Å². The standard InChI is InChI=1S/C37H63NO4/c1-10-11-15-32(39)42-38-37(33(40)41-34(5,6)7)23-22-35(8)27(24-37)16-17-28-30-19-18-29(26(4)14-12-13-25(2)3)36(30,9)21-20-31(28)35/h16,25-26,28-31,38H,10-15,17-24H2,1-9H3/t26-,28?,29-,30?,31?,35+,36-,37+/m1/s1. The number of carbonyl (C=O) groups excluding carboxylic acids is 2. The molecule has 0 heterocycles. The molecule has 3 saturated carbocycles. The maximum absolute atomic E-state index is 13.7. The fraction of sp³-hybridized carbons (Fsp3) is 0.892. The van der Waals surface area contributed by atoms with Gasteiger partial charge in [0, 0.05) is 12.8 Å². The highest BCUT2D eigenvalue weighted by Gasteiger charge is 2.61. The predicted octanol–water partition coefficient (Wildman–Crippen LogP) is 9.35. The van der Waals surface area contributed by atoms with Crippen LogP contribution in [0.3, 0.4) is 0 Å². The molecular formula is C37H63NO4. The summed E-state index contributed by atoms with van der Waals surface area (Å²) in [5.74, 6) is 4.07. The third-order valence-corrected chi connectivity index (χ3v) is 12.3. The van der Waals surface area contributed by atoms with Gasteiger partial charge in [0.2, 0.25) is 0 Å². The van der Waals surface area contributed by atoms with Gasteiger partial charge in [0.05, 0.1) is 0 Å². The molecule has 8 atom stereocenters. The average Bonchev–Trinajstić information content (AvgIpc) is 3.26. The minimum absolute atomic E-state index is 0.0879. The van der Waals surface area contributed by atoms with Crippen LogP contribution in [0.5, 0.6) is 0 Å². The number of allylic oxidation sites excluding steroid dienone is 1. The Kier molecular flexibility index (Phi) is 10.3. The lowest BCUT2D eigenvalue weighted by molar-refractivity contribution is -0.179. The molecule has 0 amide bonds. The van der Waals surface area contributed by atoms with Crippen LogP contribution in [-0.2, 0) is 19.2 Å². The number of nitrogens with one attached hydrogen (secondary N) is 1. The number of hydrogen-bond donors (Lipinski definition) is 1. The summed E-state index contributed by atoms with van der Waals surface area (Å²) < 4.78 is 5.94. The predicted molar refractivity (Wildman–Crippen MR) is 170 cm³/mol. The van der Waals surface area contributed by atoms with Gasteiger partial charge in [-0.25, -0.2) is 4.79 Å². The lowest BCUT2D eigenvalue weighted by Gasteiger charge is -2.59. The van der Waals surface area contributed by atoms with Gasteiger partial charge in [0.15, 0.2) is 5.54 Å². The van der Waals surface area contributed by atoms with E-state index in [-0.39, 0.29) is 17.4 Å². The first-order valence-corrected chi connectivity index (χ1v) is 17.5. The zero-order valence-corrected chi connectivity index (χ0v) is 28.6. The smallest absolute Gasteiger partial charge is 0.330 e. The van der Waals surface area contributed by atoms with Crippen LogP contribution in [-0.4, -0.2) is 23.1 Å². The van der Waals surface area contributed by atoms with E-state index >= 15 is 0 Å². The van der Waals surface area contributed by atoms with E-state index in [1.165, 1.54) is 50.5 Å². The summed E-state index contributed by atoms with van der Waals surface area (Å²) in [7, 11) is 0. The Hall–Kier alpha value is -1.36. The monoisotopic (exact) mass is 585 g/mol. The largest absolute Gasteiger partial charge is 0.458 e. The van der Waals surface area contributed by atoms with Crippen LogP contribution in [0.15, 0.2) is 11.6 Å². The molecule has 4 aliphatic rings. The van der Waals surface area contributed by atoms with E-state index in [9.17, 15) is 9.59 Å². The maximum Gasteiger partial charge on any atom is 0.330 e. The molecule has 0 saturated heterocycles. The summed E-state index contributed by atoms with van der Waals surface area (Å²) in [5, 5.41) is 0. The third kappa shape index (κ3) is 6.81. The molecule has 0 aromatic rings. The molecule has 5 heteroatoms. The van der Waals surface area contributed by atoms with Crippen molar-refractivity contribution in [2.75, 3.05) is 0 Å². The van der Waals surface area contributed by atoms with E-state index in [2.05, 4.69) is 53.1 Å². The number of esters is 1. The fourth-order valence-corrected chi connectivity index (χ4v) is 9.89. The molecule has 0 bridgehead atoms. The molecule has 0 aromatic heterocycles. The molecule has 1 N–H and O–H groups in total. The average molecular weight is 586 g/mol. The van der Waals surface area contributed by atoms with Gasteiger partial charge in [-0.05, 0) is 118 Å². The molecule has 0 aliphatic heterocycles. The van der Waals surface area contributed by atoms with Gasteiger partial charge in [-0.2, -0.15) is 0 Å². The fourth-order valence-electron chi connectivity index (χ4n) is 9.89. The first-order chi connectivity index (χ1) is 19.6. The Morgan fingerprint density at radius 2 is 1.74 bits per heavy atom. The van der Waals surface area contributed by atoms with Gasteiger partial charge in [-0.15, -0.1) is 5.48 Å². The highest BCUT2D eigenvalue weighted by Crippen LogP contribution is 2.67.